The van der Waals surface area contributed by atoms with Crippen LogP contribution < -0.4 is 22.6 Å². The predicted octanol–water partition coefficient (Wildman–Crippen LogP) is -2.54. The molecule has 5 N–H and O–H groups in total. The minimum absolute atomic E-state index is 0.00727. The van der Waals surface area contributed by atoms with Crippen molar-refractivity contribution in [3.8, 4) is 0 Å². The third-order valence-electron chi connectivity index (χ3n) is 1.17. The number of nitrogens with one attached hydrogen (secondary N) is 1. The number of carbonyl (C=O) groups is 1. The van der Waals surface area contributed by atoms with Gasteiger partial charge in [0, 0.05) is 11.8 Å². The number of carbonyl (C=O) groups excluding carboxylic acids is 1. The summed E-state index contributed by atoms with van der Waals surface area (Å²) in [6.07, 6.45) is 1.25. The molecule has 7 heteroatoms. The summed E-state index contributed by atoms with van der Waals surface area (Å²) < 4.78 is 0. The van der Waals surface area contributed by atoms with E-state index < -0.39 is 5.91 Å². The Morgan fingerprint density at radius 2 is 2.33 bits per heavy atom. The van der Waals surface area contributed by atoms with Gasteiger partial charge in [0.1, 0.15) is 7.85 Å². The van der Waals surface area contributed by atoms with E-state index in [4.69, 9.17) is 19.4 Å². The molecule has 0 aliphatic carbocycles. The van der Waals surface area contributed by atoms with Crippen LogP contribution in [0.15, 0.2) is 6.20 Å². The van der Waals surface area contributed by atoms with E-state index in [1.54, 1.807) is 0 Å². The number of amides is 1. The fourth-order valence-electron chi connectivity index (χ4n) is 0.648. The summed E-state index contributed by atoms with van der Waals surface area (Å²) in [5.41, 5.74) is 7.23. The predicted molar refractivity (Wildman–Crippen MR) is 43.5 cm³/mol. The molecule has 1 rings (SSSR count). The molecule has 1 heterocycles. The van der Waals surface area contributed by atoms with Gasteiger partial charge in [-0.05, 0) is 0 Å². The lowest BCUT2D eigenvalue weighted by Gasteiger charge is -2.02. The first-order valence-electron chi connectivity index (χ1n) is 3.04. The maximum absolute atomic E-state index is 10.9. The van der Waals surface area contributed by atoms with E-state index in [9.17, 15) is 4.79 Å². The minimum atomic E-state index is -0.618. The Bertz CT molecular complexity index is 315. The normalized spacial score (nSPS) is 9.42. The van der Waals surface area contributed by atoms with Crippen molar-refractivity contribution in [2.24, 2.45) is 5.84 Å². The molecular weight excluding hydrogens is 157 g/mol. The third kappa shape index (κ3) is 1.51. The molecule has 0 fully saturated rings. The van der Waals surface area contributed by atoms with Crippen molar-refractivity contribution in [1.29, 1.82) is 0 Å². The second kappa shape index (κ2) is 3.18. The lowest BCUT2D eigenvalue weighted by atomic mass is 10.1. The third-order valence-corrected chi connectivity index (χ3v) is 1.17. The molecule has 60 valence electrons. The lowest BCUT2D eigenvalue weighted by Crippen LogP contribution is -2.33. The van der Waals surface area contributed by atoms with Crippen LogP contribution in [0.2, 0.25) is 0 Å². The Labute approximate surface area is 69.7 Å². The summed E-state index contributed by atoms with van der Waals surface area (Å²) in [6.45, 7) is 0. The molecule has 0 aliphatic rings. The quantitative estimate of drug-likeness (QED) is 0.183. The maximum atomic E-state index is 10.9. The summed E-state index contributed by atoms with van der Waals surface area (Å²) in [6, 6.07) is 0. The molecule has 6 nitrogen and oxygen atoms in total. The van der Waals surface area contributed by atoms with Gasteiger partial charge in [0.2, 0.25) is 0 Å². The Kier molecular flexibility index (Phi) is 2.25. The SMILES string of the molecule is [B]c1cnc(N)c(C(=O)NN)n1. The lowest BCUT2D eigenvalue weighted by molar-refractivity contribution is 0.0949. The van der Waals surface area contributed by atoms with E-state index in [0.29, 0.717) is 0 Å². The van der Waals surface area contributed by atoms with Crippen LogP contribution in [0.1, 0.15) is 10.5 Å². The second-order valence-electron chi connectivity index (χ2n) is 2.00. The average molecular weight is 163 g/mol. The van der Waals surface area contributed by atoms with Crippen molar-refractivity contribution in [1.82, 2.24) is 15.4 Å². The van der Waals surface area contributed by atoms with Crippen LogP contribution in [0.25, 0.3) is 0 Å². The van der Waals surface area contributed by atoms with Crippen molar-refractivity contribution in [2.75, 3.05) is 5.73 Å². The highest BCUT2D eigenvalue weighted by atomic mass is 16.2. The molecule has 0 saturated heterocycles. The van der Waals surface area contributed by atoms with Crippen LogP contribution in [0, 0.1) is 0 Å². The largest absolute Gasteiger partial charge is 0.382 e. The highest BCUT2D eigenvalue weighted by Crippen LogP contribution is 1.99. The molecule has 0 bridgehead atoms. The number of hydrogen-bond acceptors (Lipinski definition) is 5. The van der Waals surface area contributed by atoms with Crippen LogP contribution in [-0.2, 0) is 0 Å². The van der Waals surface area contributed by atoms with Crippen LogP contribution in [-0.4, -0.2) is 23.7 Å². The Hall–Kier alpha value is -1.63. The molecule has 1 aromatic rings. The molecule has 1 amide bonds. The van der Waals surface area contributed by atoms with Gasteiger partial charge < -0.3 is 5.73 Å². The van der Waals surface area contributed by atoms with Gasteiger partial charge >= 0.3 is 0 Å². The number of nitrogens with two attached hydrogens (primary N) is 2. The van der Waals surface area contributed by atoms with Crippen molar-refractivity contribution >= 4 is 25.2 Å². The topological polar surface area (TPSA) is 107 Å². The molecule has 0 saturated carbocycles. The Morgan fingerprint density at radius 3 is 2.92 bits per heavy atom. The number of nitrogen functional groups attached to an aromatic ring is 2. The molecule has 0 atom stereocenters. The minimum Gasteiger partial charge on any atom is -0.382 e. The fraction of sp³-hybridized carbons (Fsp3) is 0. The monoisotopic (exact) mass is 163 g/mol. The van der Waals surface area contributed by atoms with Gasteiger partial charge in [0.15, 0.2) is 11.5 Å². The summed E-state index contributed by atoms with van der Waals surface area (Å²) in [5, 5.41) is 0. The molecule has 0 aromatic carbocycles. The highest BCUT2D eigenvalue weighted by Gasteiger charge is 2.10. The summed E-state index contributed by atoms with van der Waals surface area (Å²) >= 11 is 0. The van der Waals surface area contributed by atoms with Crippen molar-refractivity contribution in [3.63, 3.8) is 0 Å². The van der Waals surface area contributed by atoms with E-state index in [-0.39, 0.29) is 17.1 Å². The second-order valence-corrected chi connectivity index (χ2v) is 2.00. The first kappa shape index (κ1) is 8.47. The van der Waals surface area contributed by atoms with Crippen LogP contribution in [0.5, 0.6) is 0 Å². The van der Waals surface area contributed by atoms with E-state index in [2.05, 4.69) is 9.97 Å². The average Bonchev–Trinajstić information content (AvgIpc) is 2.08. The zero-order valence-corrected chi connectivity index (χ0v) is 6.11. The van der Waals surface area contributed by atoms with Crippen LogP contribution in [0.3, 0.4) is 0 Å². The van der Waals surface area contributed by atoms with Gasteiger partial charge in [-0.2, -0.15) is 0 Å². The van der Waals surface area contributed by atoms with Gasteiger partial charge in [0.05, 0.1) is 0 Å². The van der Waals surface area contributed by atoms with Gasteiger partial charge in [-0.25, -0.2) is 10.8 Å². The van der Waals surface area contributed by atoms with Crippen LogP contribution in [0.4, 0.5) is 5.82 Å². The van der Waals surface area contributed by atoms with E-state index in [1.807, 2.05) is 5.43 Å². The fourth-order valence-corrected chi connectivity index (χ4v) is 0.648. The van der Waals surface area contributed by atoms with Gasteiger partial charge in [-0.1, -0.05) is 0 Å². The van der Waals surface area contributed by atoms with Crippen molar-refractivity contribution < 1.29 is 4.79 Å². The molecular formula is C5H6BN5O. The molecule has 1 aromatic heterocycles. The first-order valence-corrected chi connectivity index (χ1v) is 3.04. The molecule has 0 unspecified atom stereocenters. The number of hydrogen-bond donors (Lipinski definition) is 3. The Morgan fingerprint density at radius 1 is 1.67 bits per heavy atom. The highest BCUT2D eigenvalue weighted by molar-refractivity contribution is 6.30. The Balaban J connectivity index is 3.13. The van der Waals surface area contributed by atoms with Crippen molar-refractivity contribution in [3.05, 3.63) is 11.9 Å². The van der Waals surface area contributed by atoms with E-state index in [1.165, 1.54) is 6.20 Å². The number of anilines is 1. The molecule has 2 radical (unpaired) electrons. The first-order chi connectivity index (χ1) is 5.65. The number of nitrogens with zero attached hydrogens (tertiary/aromatic N) is 2. The molecule has 12 heavy (non-hydrogen) atoms. The molecule has 0 spiro atoms. The summed E-state index contributed by atoms with van der Waals surface area (Å²) in [7, 11) is 5.27. The van der Waals surface area contributed by atoms with Gasteiger partial charge in [-0.3, -0.25) is 15.2 Å². The van der Waals surface area contributed by atoms with Gasteiger partial charge in [-0.15, -0.1) is 0 Å². The summed E-state index contributed by atoms with van der Waals surface area (Å²) in [4.78, 5) is 18.2. The van der Waals surface area contributed by atoms with Gasteiger partial charge in [0.25, 0.3) is 5.91 Å². The molecule has 0 aliphatic heterocycles. The van der Waals surface area contributed by atoms with Crippen molar-refractivity contribution in [2.45, 2.75) is 0 Å². The number of rotatable bonds is 1. The van der Waals surface area contributed by atoms with E-state index in [0.717, 1.165) is 0 Å². The summed E-state index contributed by atoms with van der Waals surface area (Å²) in [5.74, 6) is 4.23. The zero-order chi connectivity index (χ0) is 9.14. The smallest absolute Gasteiger partial charge is 0.287 e. The maximum Gasteiger partial charge on any atom is 0.287 e. The van der Waals surface area contributed by atoms with E-state index >= 15 is 0 Å². The van der Waals surface area contributed by atoms with Crippen LogP contribution >= 0.6 is 0 Å². The zero-order valence-electron chi connectivity index (χ0n) is 6.11. The number of aromatic nitrogens is 2. The number of hydrazine groups is 1. The standard InChI is InChI=1S/C5H6BN5O/c6-2-1-9-4(7)3(10-2)5(12)11-8/h1H,8H2,(H2,7,9)(H,11,12).